The molecule has 5 heteroatoms. The predicted molar refractivity (Wildman–Crippen MR) is 76.0 cm³/mol. The van der Waals surface area contributed by atoms with Crippen LogP contribution in [-0.4, -0.2) is 36.2 Å². The maximum absolute atomic E-state index is 12.5. The van der Waals surface area contributed by atoms with Gasteiger partial charge in [-0.05, 0) is 31.2 Å². The molecular weight excluding hydrogens is 276 g/mol. The lowest BCUT2D eigenvalue weighted by Crippen LogP contribution is -2.46. The molecule has 0 aromatic heterocycles. The number of benzene rings is 1. The Bertz CT molecular complexity index is 557. The third-order valence-electron chi connectivity index (χ3n) is 4.40. The Kier molecular flexibility index (Phi) is 3.60. The van der Waals surface area contributed by atoms with Gasteiger partial charge in [0.25, 0.3) is 0 Å². The first kappa shape index (κ1) is 14.0. The van der Waals surface area contributed by atoms with Crippen LogP contribution in [0, 0.1) is 0 Å². The van der Waals surface area contributed by atoms with Crippen molar-refractivity contribution >= 4 is 9.84 Å². The molecule has 0 unspecified atom stereocenters. The summed E-state index contributed by atoms with van der Waals surface area (Å²) in [5.41, 5.74) is 1.06. The van der Waals surface area contributed by atoms with Gasteiger partial charge in [0.2, 0.25) is 0 Å². The number of sulfone groups is 1. The van der Waals surface area contributed by atoms with E-state index in [1.807, 2.05) is 30.3 Å². The quantitative estimate of drug-likeness (QED) is 0.867. The largest absolute Gasteiger partial charge is 0.393 e. The van der Waals surface area contributed by atoms with Crippen molar-refractivity contribution in [3.8, 4) is 0 Å². The van der Waals surface area contributed by atoms with E-state index in [0.29, 0.717) is 32.3 Å². The zero-order valence-electron chi connectivity index (χ0n) is 11.4. The van der Waals surface area contributed by atoms with E-state index in [1.165, 1.54) is 0 Å². The second-order valence-electron chi connectivity index (χ2n) is 5.95. The van der Waals surface area contributed by atoms with Gasteiger partial charge >= 0.3 is 0 Å². The van der Waals surface area contributed by atoms with E-state index >= 15 is 0 Å². The Balaban J connectivity index is 1.57. The van der Waals surface area contributed by atoms with Crippen molar-refractivity contribution in [1.29, 1.82) is 0 Å². The van der Waals surface area contributed by atoms with Crippen LogP contribution in [0.3, 0.4) is 0 Å². The highest BCUT2D eigenvalue weighted by atomic mass is 32.2. The summed E-state index contributed by atoms with van der Waals surface area (Å²) in [4.78, 5) is 0. The number of hydrogen-bond acceptors (Lipinski definition) is 4. The summed E-state index contributed by atoms with van der Waals surface area (Å²) in [5, 5.41) is 8.94. The SMILES string of the molecule is O=S(=O)([C@H]1C[C@H](O)C1)C1(COCc2ccccc2)CC1. The Hall–Kier alpha value is -0.910. The van der Waals surface area contributed by atoms with Crippen molar-refractivity contribution in [1.82, 2.24) is 0 Å². The average molecular weight is 296 g/mol. The molecule has 20 heavy (non-hydrogen) atoms. The van der Waals surface area contributed by atoms with E-state index in [4.69, 9.17) is 4.74 Å². The molecule has 3 rings (SSSR count). The molecule has 1 aromatic carbocycles. The van der Waals surface area contributed by atoms with Crippen LogP contribution in [0.2, 0.25) is 0 Å². The maximum atomic E-state index is 12.5. The van der Waals surface area contributed by atoms with Gasteiger partial charge in [-0.2, -0.15) is 0 Å². The minimum Gasteiger partial charge on any atom is -0.393 e. The van der Waals surface area contributed by atoms with Gasteiger partial charge in [-0.3, -0.25) is 0 Å². The van der Waals surface area contributed by atoms with Crippen LogP contribution in [0.15, 0.2) is 30.3 Å². The lowest BCUT2D eigenvalue weighted by atomic mass is 9.96. The van der Waals surface area contributed by atoms with Gasteiger partial charge in [0.1, 0.15) is 0 Å². The zero-order valence-corrected chi connectivity index (χ0v) is 12.2. The number of aliphatic hydroxyl groups is 1. The van der Waals surface area contributed by atoms with Crippen molar-refractivity contribution in [2.45, 2.75) is 48.4 Å². The predicted octanol–water partition coefficient (Wildman–Crippen LogP) is 1.67. The van der Waals surface area contributed by atoms with Crippen LogP contribution in [0.5, 0.6) is 0 Å². The summed E-state index contributed by atoms with van der Waals surface area (Å²) in [5.74, 6) is 0. The molecule has 0 aliphatic heterocycles. The molecule has 0 atom stereocenters. The first-order valence-electron chi connectivity index (χ1n) is 7.07. The van der Waals surface area contributed by atoms with Crippen LogP contribution in [0.4, 0.5) is 0 Å². The zero-order chi connectivity index (χ0) is 14.2. The number of ether oxygens (including phenoxy) is 1. The van der Waals surface area contributed by atoms with Crippen LogP contribution < -0.4 is 0 Å². The first-order chi connectivity index (χ1) is 9.53. The van der Waals surface area contributed by atoms with Crippen LogP contribution in [0.1, 0.15) is 31.2 Å². The molecule has 1 aromatic rings. The topological polar surface area (TPSA) is 63.6 Å². The van der Waals surface area contributed by atoms with Gasteiger partial charge in [-0.1, -0.05) is 30.3 Å². The van der Waals surface area contributed by atoms with E-state index in [0.717, 1.165) is 5.56 Å². The van der Waals surface area contributed by atoms with Gasteiger partial charge in [-0.15, -0.1) is 0 Å². The lowest BCUT2D eigenvalue weighted by molar-refractivity contribution is 0.0938. The van der Waals surface area contributed by atoms with Crippen molar-refractivity contribution in [3.63, 3.8) is 0 Å². The molecule has 4 nitrogen and oxygen atoms in total. The molecule has 0 heterocycles. The van der Waals surface area contributed by atoms with Gasteiger partial charge in [0.05, 0.1) is 29.3 Å². The molecule has 110 valence electrons. The molecule has 0 bridgehead atoms. The van der Waals surface area contributed by atoms with Crippen molar-refractivity contribution in [3.05, 3.63) is 35.9 Å². The number of hydrogen-bond donors (Lipinski definition) is 1. The van der Waals surface area contributed by atoms with Crippen LogP contribution >= 0.6 is 0 Å². The molecule has 2 fully saturated rings. The Labute approximate surface area is 119 Å². The van der Waals surface area contributed by atoms with E-state index < -0.39 is 20.7 Å². The maximum Gasteiger partial charge on any atom is 0.161 e. The van der Waals surface area contributed by atoms with Crippen molar-refractivity contribution in [2.24, 2.45) is 0 Å². The molecule has 2 saturated carbocycles. The Morgan fingerprint density at radius 2 is 1.85 bits per heavy atom. The van der Waals surface area contributed by atoms with E-state index in [-0.39, 0.29) is 11.9 Å². The van der Waals surface area contributed by atoms with E-state index in [2.05, 4.69) is 0 Å². The standard InChI is InChI=1S/C15H20O4S/c16-13-8-14(9-13)20(17,18)15(6-7-15)11-19-10-12-4-2-1-3-5-12/h1-5,13-14,16H,6-11H2/t13-,14-. The summed E-state index contributed by atoms with van der Waals surface area (Å²) in [7, 11) is -3.16. The van der Waals surface area contributed by atoms with Gasteiger partial charge in [0.15, 0.2) is 9.84 Å². The second kappa shape index (κ2) is 5.13. The molecule has 1 N–H and O–H groups in total. The van der Waals surface area contributed by atoms with Crippen molar-refractivity contribution in [2.75, 3.05) is 6.61 Å². The summed E-state index contributed by atoms with van der Waals surface area (Å²) < 4.78 is 30.0. The van der Waals surface area contributed by atoms with Crippen molar-refractivity contribution < 1.29 is 18.3 Å². The average Bonchev–Trinajstić information content (AvgIpc) is 3.18. The monoisotopic (exact) mass is 296 g/mol. The van der Waals surface area contributed by atoms with Crippen LogP contribution in [-0.2, 0) is 21.2 Å². The third kappa shape index (κ3) is 2.50. The smallest absolute Gasteiger partial charge is 0.161 e. The van der Waals surface area contributed by atoms with Gasteiger partial charge in [-0.25, -0.2) is 8.42 Å². The highest BCUT2D eigenvalue weighted by molar-refractivity contribution is 7.93. The minimum atomic E-state index is -3.16. The molecule has 0 saturated heterocycles. The minimum absolute atomic E-state index is 0.275. The Morgan fingerprint density at radius 1 is 1.20 bits per heavy atom. The fourth-order valence-corrected chi connectivity index (χ4v) is 5.30. The summed E-state index contributed by atoms with van der Waals surface area (Å²) in [6, 6.07) is 9.77. The molecule has 0 spiro atoms. The molecule has 0 amide bonds. The van der Waals surface area contributed by atoms with Crippen LogP contribution in [0.25, 0.3) is 0 Å². The lowest BCUT2D eigenvalue weighted by Gasteiger charge is -2.34. The van der Waals surface area contributed by atoms with E-state index in [1.54, 1.807) is 0 Å². The molecule has 2 aliphatic rings. The normalized spacial score (nSPS) is 27.9. The fourth-order valence-electron chi connectivity index (χ4n) is 2.72. The fraction of sp³-hybridized carbons (Fsp3) is 0.600. The second-order valence-corrected chi connectivity index (χ2v) is 8.58. The molecular formula is C15H20O4S. The highest BCUT2D eigenvalue weighted by Crippen LogP contribution is 2.49. The summed E-state index contributed by atoms with van der Waals surface area (Å²) >= 11 is 0. The van der Waals surface area contributed by atoms with Gasteiger partial charge in [0, 0.05) is 0 Å². The number of aliphatic hydroxyl groups excluding tert-OH is 1. The summed E-state index contributed by atoms with van der Waals surface area (Å²) in [6.07, 6.45) is 1.73. The van der Waals surface area contributed by atoms with E-state index in [9.17, 15) is 13.5 Å². The highest BCUT2D eigenvalue weighted by Gasteiger charge is 2.59. The summed E-state index contributed by atoms with van der Waals surface area (Å²) in [6.45, 7) is 0.724. The molecule has 2 aliphatic carbocycles. The third-order valence-corrected chi connectivity index (χ3v) is 7.39. The first-order valence-corrected chi connectivity index (χ1v) is 8.61. The molecule has 0 radical (unpaired) electrons. The van der Waals surface area contributed by atoms with Gasteiger partial charge < -0.3 is 9.84 Å². The Morgan fingerprint density at radius 3 is 2.40 bits per heavy atom. The number of rotatable bonds is 6.